The van der Waals surface area contributed by atoms with Gasteiger partial charge in [0.15, 0.2) is 5.78 Å². The molecule has 0 bridgehead atoms. The van der Waals surface area contributed by atoms with Crippen molar-refractivity contribution in [2.45, 2.75) is 12.8 Å². The van der Waals surface area contributed by atoms with Crippen LogP contribution in [0.1, 0.15) is 12.8 Å². The van der Waals surface area contributed by atoms with E-state index < -0.39 is 10.2 Å². The molecule has 1 aliphatic rings. The lowest BCUT2D eigenvalue weighted by molar-refractivity contribution is -1.92. The summed E-state index contributed by atoms with van der Waals surface area (Å²) in [6, 6.07) is 0. The highest BCUT2D eigenvalue weighted by Gasteiger charge is 2.08. The third kappa shape index (κ3) is 11.2. The SMILES string of the molecule is O=C1C=CCC(=O)C1.[O-][Cl+3]([O-])([O-])O. The van der Waals surface area contributed by atoms with Crippen LogP contribution in [-0.4, -0.2) is 16.2 Å². The summed E-state index contributed by atoms with van der Waals surface area (Å²) >= 11 is 0. The largest absolute Gasteiger partial charge is 0.299 e. The molecule has 0 heterocycles. The van der Waals surface area contributed by atoms with Crippen molar-refractivity contribution in [3.8, 4) is 0 Å². The fourth-order valence-corrected chi connectivity index (χ4v) is 0.647. The number of rotatable bonds is 0. The maximum absolute atomic E-state index is 10.4. The minimum Gasteiger partial charge on any atom is -0.299 e. The van der Waals surface area contributed by atoms with Crippen molar-refractivity contribution >= 4 is 11.6 Å². The Morgan fingerprint density at radius 1 is 1.31 bits per heavy atom. The smallest absolute Gasteiger partial charge is 0.162 e. The van der Waals surface area contributed by atoms with Gasteiger partial charge in [0.2, 0.25) is 0 Å². The van der Waals surface area contributed by atoms with E-state index in [9.17, 15) is 9.59 Å². The molecule has 1 aliphatic carbocycles. The van der Waals surface area contributed by atoms with Gasteiger partial charge in [0, 0.05) is 6.42 Å². The van der Waals surface area contributed by atoms with Gasteiger partial charge in [-0.05, 0) is 6.08 Å². The number of allylic oxidation sites excluding steroid dienone is 2. The summed E-state index contributed by atoms with van der Waals surface area (Å²) in [6.07, 6.45) is 3.61. The monoisotopic (exact) mass is 210 g/mol. The molecule has 0 amide bonds. The quantitative estimate of drug-likeness (QED) is 0.411. The molecule has 0 fully saturated rings. The van der Waals surface area contributed by atoms with Gasteiger partial charge < -0.3 is 0 Å². The van der Waals surface area contributed by atoms with E-state index >= 15 is 0 Å². The lowest BCUT2D eigenvalue weighted by atomic mass is 10.1. The number of hydrogen-bond donors (Lipinski definition) is 1. The molecule has 0 spiro atoms. The molecular weight excluding hydrogens is 204 g/mol. The number of carbonyl (C=O) groups excluding carboxylic acids is 2. The molecule has 6 nitrogen and oxygen atoms in total. The van der Waals surface area contributed by atoms with Crippen molar-refractivity contribution < 1.29 is 38.5 Å². The minimum absolute atomic E-state index is 0.0255. The lowest BCUT2D eigenvalue weighted by Crippen LogP contribution is -2.58. The lowest BCUT2D eigenvalue weighted by Gasteiger charge is -2.03. The fourth-order valence-electron chi connectivity index (χ4n) is 0.647. The van der Waals surface area contributed by atoms with Crippen LogP contribution < -0.4 is 14.0 Å². The Kier molecular flexibility index (Phi) is 4.74. The molecule has 0 atom stereocenters. The van der Waals surface area contributed by atoms with Crippen molar-refractivity contribution in [3.63, 3.8) is 0 Å². The van der Waals surface area contributed by atoms with E-state index in [1.165, 1.54) is 6.08 Å². The zero-order chi connectivity index (χ0) is 10.5. The molecular formula is C6H7ClO6. The Hall–Kier alpha value is -0.790. The third-order valence-corrected chi connectivity index (χ3v) is 1.02. The van der Waals surface area contributed by atoms with Gasteiger partial charge in [-0.3, -0.25) is 9.59 Å². The van der Waals surface area contributed by atoms with Crippen molar-refractivity contribution in [2.24, 2.45) is 0 Å². The van der Waals surface area contributed by atoms with Gasteiger partial charge in [0.05, 0.1) is 21.3 Å². The molecule has 74 valence electrons. The Bertz CT molecular complexity index is 222. The molecule has 0 aliphatic heterocycles. The van der Waals surface area contributed by atoms with E-state index in [4.69, 9.17) is 18.6 Å². The minimum atomic E-state index is -4.69. The summed E-state index contributed by atoms with van der Waals surface area (Å²) in [5.41, 5.74) is 0. The number of hydrogen-bond acceptors (Lipinski definition) is 6. The third-order valence-electron chi connectivity index (χ3n) is 1.02. The van der Waals surface area contributed by atoms with E-state index in [-0.39, 0.29) is 18.0 Å². The highest BCUT2D eigenvalue weighted by atomic mass is 35.7. The predicted octanol–water partition coefficient (Wildman–Crippen LogP) is -3.65. The molecule has 1 rings (SSSR count). The van der Waals surface area contributed by atoms with Gasteiger partial charge in [-0.1, -0.05) is 6.08 Å². The van der Waals surface area contributed by atoms with Crippen LogP contribution in [0.15, 0.2) is 12.2 Å². The zero-order valence-corrected chi connectivity index (χ0v) is 7.19. The number of ketones is 2. The van der Waals surface area contributed by atoms with Crippen LogP contribution in [0.4, 0.5) is 0 Å². The van der Waals surface area contributed by atoms with Crippen molar-refractivity contribution in [3.05, 3.63) is 12.2 Å². The van der Waals surface area contributed by atoms with E-state index in [0.29, 0.717) is 6.42 Å². The first-order valence-corrected chi connectivity index (χ1v) is 4.39. The molecule has 7 heteroatoms. The maximum Gasteiger partial charge on any atom is 0.162 e. The average Bonchev–Trinajstić information content (AvgIpc) is 1.81. The van der Waals surface area contributed by atoms with Crippen LogP contribution in [0.2, 0.25) is 0 Å². The van der Waals surface area contributed by atoms with E-state index in [1.807, 2.05) is 0 Å². The maximum atomic E-state index is 10.4. The van der Waals surface area contributed by atoms with Crippen LogP contribution >= 0.6 is 0 Å². The Labute approximate surface area is 75.8 Å². The normalized spacial score (nSPS) is 16.6. The summed E-state index contributed by atoms with van der Waals surface area (Å²) < 4.78 is 32.7. The Morgan fingerprint density at radius 3 is 2.00 bits per heavy atom. The van der Waals surface area contributed by atoms with Gasteiger partial charge in [-0.25, -0.2) is 0 Å². The van der Waals surface area contributed by atoms with Crippen LogP contribution in [0.5, 0.6) is 0 Å². The number of Topliss-reactive ketones (excluding diaryl/α,β-unsaturated/α-hetero) is 1. The van der Waals surface area contributed by atoms with Gasteiger partial charge in [-0.15, -0.1) is 0 Å². The molecule has 0 radical (unpaired) electrons. The number of carbonyl (C=O) groups is 2. The van der Waals surface area contributed by atoms with E-state index in [0.717, 1.165) is 0 Å². The molecule has 1 N–H and O–H groups in total. The summed E-state index contributed by atoms with van der Waals surface area (Å²) in [5.74, 6) is -0.0428. The Balaban J connectivity index is 0.000000252. The standard InChI is InChI=1S/C6H6O2.ClHO4/c7-5-2-1-3-6(8)4-5;2-1(3,4)5/h1-2H,3-4H2;(H,2,3,4,5). The van der Waals surface area contributed by atoms with Gasteiger partial charge in [0.25, 0.3) is 0 Å². The molecule has 0 saturated carbocycles. The average molecular weight is 211 g/mol. The molecule has 13 heavy (non-hydrogen) atoms. The molecule has 0 unspecified atom stereocenters. The summed E-state index contributed by atoms with van der Waals surface area (Å²) in [5, 5.41) is 0. The van der Waals surface area contributed by atoms with Crippen LogP contribution in [0, 0.1) is 10.2 Å². The second kappa shape index (κ2) is 5.05. The summed E-state index contributed by atoms with van der Waals surface area (Å²) in [7, 11) is -4.69. The highest BCUT2D eigenvalue weighted by molar-refractivity contribution is 6.07. The van der Waals surface area contributed by atoms with Crippen molar-refractivity contribution in [2.75, 3.05) is 0 Å². The molecule has 0 aromatic heterocycles. The first-order valence-electron chi connectivity index (χ1n) is 3.13. The Morgan fingerprint density at radius 2 is 1.77 bits per heavy atom. The second-order valence-corrected chi connectivity index (χ2v) is 2.98. The molecule has 0 saturated heterocycles. The highest BCUT2D eigenvalue weighted by Crippen LogP contribution is 2.00. The predicted molar refractivity (Wildman–Crippen MR) is 30.6 cm³/mol. The molecule has 0 aromatic rings. The summed E-state index contributed by atoms with van der Waals surface area (Å²) in [6.45, 7) is 0. The van der Waals surface area contributed by atoms with Crippen molar-refractivity contribution in [1.82, 2.24) is 0 Å². The van der Waals surface area contributed by atoms with Crippen LogP contribution in [0.3, 0.4) is 0 Å². The van der Waals surface area contributed by atoms with E-state index in [1.54, 1.807) is 6.08 Å². The van der Waals surface area contributed by atoms with Gasteiger partial charge >= 0.3 is 0 Å². The second-order valence-electron chi connectivity index (χ2n) is 2.18. The van der Waals surface area contributed by atoms with Crippen LogP contribution in [0.25, 0.3) is 0 Å². The van der Waals surface area contributed by atoms with Gasteiger partial charge in [0.1, 0.15) is 5.78 Å². The molecule has 0 aromatic carbocycles. The van der Waals surface area contributed by atoms with Crippen molar-refractivity contribution in [1.29, 1.82) is 0 Å². The fraction of sp³-hybridized carbons (Fsp3) is 0.333. The number of halogens is 1. The van der Waals surface area contributed by atoms with E-state index in [2.05, 4.69) is 0 Å². The summed E-state index contributed by atoms with van der Waals surface area (Å²) in [4.78, 5) is 20.8. The topological polar surface area (TPSA) is 124 Å². The van der Waals surface area contributed by atoms with Crippen LogP contribution in [-0.2, 0) is 9.59 Å². The zero-order valence-electron chi connectivity index (χ0n) is 6.44. The first kappa shape index (κ1) is 12.2. The van der Waals surface area contributed by atoms with Gasteiger partial charge in [-0.2, -0.15) is 14.0 Å². The first-order chi connectivity index (χ1) is 5.79.